The van der Waals surface area contributed by atoms with Crippen molar-refractivity contribution in [3.63, 3.8) is 0 Å². The lowest BCUT2D eigenvalue weighted by Crippen LogP contribution is -2.54. The first-order valence-electron chi connectivity index (χ1n) is 14.9. The zero-order valence-electron chi connectivity index (χ0n) is 23.6. The molecule has 230 valence electrons. The van der Waals surface area contributed by atoms with E-state index < -0.39 is 36.2 Å². The van der Waals surface area contributed by atoms with Gasteiger partial charge in [0.1, 0.15) is 18.1 Å². The molecule has 2 aliphatic heterocycles. The number of aromatic nitrogens is 4. The van der Waals surface area contributed by atoms with Crippen LogP contribution in [0.5, 0.6) is 0 Å². The van der Waals surface area contributed by atoms with Gasteiger partial charge in [0, 0.05) is 36.7 Å². The number of alkyl halides is 3. The lowest BCUT2D eigenvalue weighted by molar-refractivity contribution is -0.270. The first-order chi connectivity index (χ1) is 20.5. The first-order valence-corrected chi connectivity index (χ1v) is 14.9. The molecule has 2 aromatic heterocycles. The Morgan fingerprint density at radius 1 is 1.09 bits per heavy atom. The van der Waals surface area contributed by atoms with Gasteiger partial charge in [0.15, 0.2) is 17.5 Å². The summed E-state index contributed by atoms with van der Waals surface area (Å²) in [7, 11) is 0. The Kier molecular flexibility index (Phi) is 7.66. The first kappa shape index (κ1) is 29.5. The quantitative estimate of drug-likeness (QED) is 0.528. The van der Waals surface area contributed by atoms with Crippen molar-refractivity contribution < 1.29 is 32.6 Å². The third-order valence-electron chi connectivity index (χ3n) is 9.46. The van der Waals surface area contributed by atoms with Crippen molar-refractivity contribution in [2.24, 2.45) is 5.92 Å². The Labute approximate surface area is 246 Å². The molecule has 2 unspecified atom stereocenters. The topological polar surface area (TPSA) is 146 Å². The number of aliphatic hydroxyl groups is 1. The minimum absolute atomic E-state index is 0.0577. The zero-order chi connectivity index (χ0) is 30.4. The predicted molar refractivity (Wildman–Crippen MR) is 144 cm³/mol. The van der Waals surface area contributed by atoms with E-state index in [-0.39, 0.29) is 48.2 Å². The van der Waals surface area contributed by atoms with Crippen molar-refractivity contribution in [2.45, 2.75) is 100 Å². The van der Waals surface area contributed by atoms with E-state index in [4.69, 9.17) is 4.74 Å². The van der Waals surface area contributed by atoms with Crippen LogP contribution in [0.2, 0.25) is 0 Å². The fourth-order valence-corrected chi connectivity index (χ4v) is 6.72. The number of hydrogen-bond donors (Lipinski definition) is 2. The molecule has 2 amide bonds. The maximum Gasteiger partial charge on any atom is 0.417 e. The predicted octanol–water partition coefficient (Wildman–Crippen LogP) is 3.65. The standard InChI is InChI=1S/C29H34F3N7O4/c30-29(31,32)28(42)7-4-19(5-8-28)36-25(40)18-6-11-38(27(15-18)9-10-27)26(41)22-14-23(21-13-20(16-33)34-17-35-21)39(37-22)24-3-1-2-12-43-24/h13-14,17-19,24,42H,1-12,15H2,(H,36,40). The van der Waals surface area contributed by atoms with Crippen LogP contribution in [0.15, 0.2) is 18.5 Å². The second-order valence-corrected chi connectivity index (χ2v) is 12.3. The molecule has 2 saturated carbocycles. The molecule has 11 nitrogen and oxygen atoms in total. The van der Waals surface area contributed by atoms with Crippen LogP contribution in [-0.2, 0) is 9.53 Å². The molecule has 2 atom stereocenters. The van der Waals surface area contributed by atoms with Gasteiger partial charge in [-0.1, -0.05) is 0 Å². The Bertz CT molecular complexity index is 1420. The van der Waals surface area contributed by atoms with Crippen molar-refractivity contribution in [1.29, 1.82) is 5.26 Å². The molecule has 14 heteroatoms. The Morgan fingerprint density at radius 3 is 2.51 bits per heavy atom. The number of likely N-dealkylation sites (tertiary alicyclic amines) is 1. The fourth-order valence-electron chi connectivity index (χ4n) is 6.72. The van der Waals surface area contributed by atoms with Gasteiger partial charge < -0.3 is 20.1 Å². The summed E-state index contributed by atoms with van der Waals surface area (Å²) in [5.74, 6) is -0.816. The van der Waals surface area contributed by atoms with Crippen LogP contribution in [0.3, 0.4) is 0 Å². The number of piperidine rings is 1. The van der Waals surface area contributed by atoms with Crippen LogP contribution in [0.4, 0.5) is 13.2 Å². The number of nitrogens with zero attached hydrogens (tertiary/aromatic N) is 6. The molecule has 43 heavy (non-hydrogen) atoms. The van der Waals surface area contributed by atoms with Crippen LogP contribution in [0.25, 0.3) is 11.4 Å². The molecule has 6 rings (SSSR count). The molecular weight excluding hydrogens is 567 g/mol. The Morgan fingerprint density at radius 2 is 1.86 bits per heavy atom. The van der Waals surface area contributed by atoms with Crippen LogP contribution in [0.1, 0.15) is 93.0 Å². The number of nitrogens with one attached hydrogen (secondary N) is 1. The molecule has 2 saturated heterocycles. The van der Waals surface area contributed by atoms with Gasteiger partial charge in [-0.15, -0.1) is 0 Å². The minimum Gasteiger partial charge on any atom is -0.380 e. The summed E-state index contributed by atoms with van der Waals surface area (Å²) in [6, 6.07) is 4.81. The average Bonchev–Trinajstić information content (AvgIpc) is 3.61. The van der Waals surface area contributed by atoms with Gasteiger partial charge in [-0.25, -0.2) is 14.6 Å². The summed E-state index contributed by atoms with van der Waals surface area (Å²) < 4.78 is 47.1. The van der Waals surface area contributed by atoms with Gasteiger partial charge in [0.25, 0.3) is 5.91 Å². The van der Waals surface area contributed by atoms with E-state index in [1.54, 1.807) is 21.7 Å². The van der Waals surface area contributed by atoms with Gasteiger partial charge in [-0.2, -0.15) is 23.5 Å². The van der Waals surface area contributed by atoms with E-state index in [1.807, 2.05) is 6.07 Å². The molecule has 2 aromatic rings. The molecular formula is C29H34F3N7O4. The monoisotopic (exact) mass is 601 g/mol. The largest absolute Gasteiger partial charge is 0.417 e. The highest BCUT2D eigenvalue weighted by Gasteiger charge is 2.56. The molecule has 2 N–H and O–H groups in total. The van der Waals surface area contributed by atoms with E-state index in [9.17, 15) is 33.1 Å². The average molecular weight is 602 g/mol. The number of carbonyl (C=O) groups is 2. The molecule has 0 bridgehead atoms. The number of halogens is 3. The Balaban J connectivity index is 1.15. The number of nitriles is 1. The summed E-state index contributed by atoms with van der Waals surface area (Å²) in [4.78, 5) is 37.1. The maximum absolute atomic E-state index is 13.9. The lowest BCUT2D eigenvalue weighted by atomic mass is 9.81. The van der Waals surface area contributed by atoms with Gasteiger partial charge in [0.05, 0.1) is 11.4 Å². The number of carbonyl (C=O) groups excluding carboxylic acids is 2. The lowest BCUT2D eigenvalue weighted by Gasteiger charge is -2.41. The van der Waals surface area contributed by atoms with E-state index in [0.29, 0.717) is 37.4 Å². The summed E-state index contributed by atoms with van der Waals surface area (Å²) in [5, 5.41) is 26.8. The van der Waals surface area contributed by atoms with Gasteiger partial charge in [-0.05, 0) is 76.7 Å². The van der Waals surface area contributed by atoms with Crippen molar-refractivity contribution in [3.05, 3.63) is 29.8 Å². The van der Waals surface area contributed by atoms with Crippen LogP contribution in [-0.4, -0.2) is 78.1 Å². The molecule has 2 aliphatic carbocycles. The van der Waals surface area contributed by atoms with Crippen molar-refractivity contribution in [2.75, 3.05) is 13.2 Å². The van der Waals surface area contributed by atoms with Crippen LogP contribution < -0.4 is 5.32 Å². The normalized spacial score (nSPS) is 28.7. The van der Waals surface area contributed by atoms with Crippen molar-refractivity contribution in [3.8, 4) is 17.5 Å². The van der Waals surface area contributed by atoms with E-state index in [1.165, 1.54) is 6.33 Å². The second kappa shape index (κ2) is 11.2. The van der Waals surface area contributed by atoms with Crippen LogP contribution >= 0.6 is 0 Å². The van der Waals surface area contributed by atoms with Crippen molar-refractivity contribution >= 4 is 11.8 Å². The molecule has 1 spiro atoms. The van der Waals surface area contributed by atoms with Crippen LogP contribution in [0, 0.1) is 17.2 Å². The third-order valence-corrected chi connectivity index (χ3v) is 9.46. The van der Waals surface area contributed by atoms with E-state index >= 15 is 0 Å². The Hall–Kier alpha value is -3.57. The van der Waals surface area contributed by atoms with E-state index in [2.05, 4.69) is 20.4 Å². The molecule has 0 radical (unpaired) electrons. The SMILES string of the molecule is N#Cc1cc(-c2cc(C(=O)N3CCC(C(=O)NC4CCC(O)(C(F)(F)F)CC4)CC34CC4)nn2C2CCCCO2)ncn1. The highest BCUT2D eigenvalue weighted by atomic mass is 19.4. The van der Waals surface area contributed by atoms with E-state index in [0.717, 1.165) is 32.1 Å². The van der Waals surface area contributed by atoms with Gasteiger partial charge >= 0.3 is 6.18 Å². The summed E-state index contributed by atoms with van der Waals surface area (Å²) in [5.41, 5.74) is -1.72. The number of hydrogen-bond acceptors (Lipinski definition) is 8. The molecule has 0 aromatic carbocycles. The summed E-state index contributed by atoms with van der Waals surface area (Å²) in [6.45, 7) is 0.923. The maximum atomic E-state index is 13.9. The fraction of sp³-hybridized carbons (Fsp3) is 0.655. The van der Waals surface area contributed by atoms with Gasteiger partial charge in [0.2, 0.25) is 5.91 Å². The number of rotatable bonds is 5. The molecule has 4 heterocycles. The van der Waals surface area contributed by atoms with Crippen molar-refractivity contribution in [1.82, 2.24) is 30.0 Å². The summed E-state index contributed by atoms with van der Waals surface area (Å²) >= 11 is 0. The van der Waals surface area contributed by atoms with Gasteiger partial charge in [-0.3, -0.25) is 9.59 Å². The third kappa shape index (κ3) is 5.72. The molecule has 4 aliphatic rings. The highest BCUT2D eigenvalue weighted by Crippen LogP contribution is 2.51. The number of ether oxygens (including phenoxy) is 1. The number of amides is 2. The second-order valence-electron chi connectivity index (χ2n) is 12.3. The minimum atomic E-state index is -4.69. The molecule has 4 fully saturated rings. The summed E-state index contributed by atoms with van der Waals surface area (Å²) in [6.07, 6.45) is 0.485. The highest BCUT2D eigenvalue weighted by molar-refractivity contribution is 5.94. The smallest absolute Gasteiger partial charge is 0.380 e. The zero-order valence-corrected chi connectivity index (χ0v) is 23.6.